The van der Waals surface area contributed by atoms with Gasteiger partial charge in [0, 0.05) is 22.8 Å². The highest BCUT2D eigenvalue weighted by molar-refractivity contribution is 7.11. The molecule has 3 aromatic rings. The maximum Gasteiger partial charge on any atom is 0.161 e. The van der Waals surface area contributed by atoms with Crippen molar-refractivity contribution in [2.45, 2.75) is 0 Å². The molecule has 1 N–H and O–H groups in total. The molecule has 0 spiro atoms. The van der Waals surface area contributed by atoms with E-state index < -0.39 is 0 Å². The van der Waals surface area contributed by atoms with E-state index in [2.05, 4.69) is 16.4 Å². The van der Waals surface area contributed by atoms with Crippen LogP contribution in [0.15, 0.2) is 60.1 Å². The standard InChI is InChI=1S/C20H17N3O2S/c1-24-18-9-8-14(10-19(18)25-2)17-13-26-20(23-17)15(11-21)12-22-16-6-4-3-5-7-16/h3-10,12-13,22H,1-2H3. The molecule has 26 heavy (non-hydrogen) atoms. The first kappa shape index (κ1) is 17.5. The lowest BCUT2D eigenvalue weighted by Gasteiger charge is -2.08. The zero-order valence-electron chi connectivity index (χ0n) is 14.4. The molecule has 6 heteroatoms. The van der Waals surface area contributed by atoms with Gasteiger partial charge in [-0.2, -0.15) is 5.26 Å². The normalized spacial score (nSPS) is 10.9. The minimum absolute atomic E-state index is 0.477. The van der Waals surface area contributed by atoms with Gasteiger partial charge in [-0.15, -0.1) is 11.3 Å². The monoisotopic (exact) mass is 363 g/mol. The molecule has 0 amide bonds. The van der Waals surface area contributed by atoms with Crippen LogP contribution < -0.4 is 14.8 Å². The number of methoxy groups -OCH3 is 2. The van der Waals surface area contributed by atoms with Gasteiger partial charge in [-0.05, 0) is 30.3 Å². The molecule has 0 radical (unpaired) electrons. The third kappa shape index (κ3) is 3.85. The Labute approximate surface area is 156 Å². The number of hydrogen-bond acceptors (Lipinski definition) is 6. The van der Waals surface area contributed by atoms with Gasteiger partial charge in [0.2, 0.25) is 0 Å². The summed E-state index contributed by atoms with van der Waals surface area (Å²) in [4.78, 5) is 4.59. The minimum Gasteiger partial charge on any atom is -0.493 e. The van der Waals surface area contributed by atoms with Gasteiger partial charge >= 0.3 is 0 Å². The van der Waals surface area contributed by atoms with Gasteiger partial charge in [-0.25, -0.2) is 4.98 Å². The van der Waals surface area contributed by atoms with Crippen LogP contribution in [0.5, 0.6) is 11.5 Å². The van der Waals surface area contributed by atoms with Gasteiger partial charge in [-0.1, -0.05) is 18.2 Å². The highest BCUT2D eigenvalue weighted by Gasteiger charge is 2.11. The number of nitriles is 1. The van der Waals surface area contributed by atoms with Gasteiger partial charge in [0.1, 0.15) is 16.6 Å². The fourth-order valence-corrected chi connectivity index (χ4v) is 3.15. The van der Waals surface area contributed by atoms with Crippen LogP contribution in [0.4, 0.5) is 5.69 Å². The summed E-state index contributed by atoms with van der Waals surface area (Å²) in [6.07, 6.45) is 1.67. The number of thiazole rings is 1. The molecule has 1 heterocycles. The van der Waals surface area contributed by atoms with Crippen LogP contribution >= 0.6 is 11.3 Å². The van der Waals surface area contributed by atoms with E-state index in [4.69, 9.17) is 9.47 Å². The number of nitrogens with one attached hydrogen (secondary N) is 1. The molecule has 0 unspecified atom stereocenters. The molecule has 0 bridgehead atoms. The second kappa shape index (κ2) is 8.19. The maximum atomic E-state index is 9.46. The Hall–Kier alpha value is -3.30. The molecular weight excluding hydrogens is 346 g/mol. The van der Waals surface area contributed by atoms with Crippen molar-refractivity contribution in [3.05, 3.63) is 65.1 Å². The average molecular weight is 363 g/mol. The summed E-state index contributed by atoms with van der Waals surface area (Å²) in [6.45, 7) is 0. The average Bonchev–Trinajstić information content (AvgIpc) is 3.18. The van der Waals surface area contributed by atoms with Gasteiger partial charge < -0.3 is 14.8 Å². The quantitative estimate of drug-likeness (QED) is 0.637. The highest BCUT2D eigenvalue weighted by Crippen LogP contribution is 2.33. The van der Waals surface area contributed by atoms with E-state index in [9.17, 15) is 5.26 Å². The Morgan fingerprint density at radius 2 is 1.88 bits per heavy atom. The van der Waals surface area contributed by atoms with Gasteiger partial charge in [-0.3, -0.25) is 0 Å². The van der Waals surface area contributed by atoms with Crippen LogP contribution in [-0.4, -0.2) is 19.2 Å². The van der Waals surface area contributed by atoms with Crippen molar-refractivity contribution in [3.63, 3.8) is 0 Å². The molecule has 130 valence electrons. The van der Waals surface area contributed by atoms with Crippen LogP contribution in [-0.2, 0) is 0 Å². The molecule has 3 rings (SSSR count). The summed E-state index contributed by atoms with van der Waals surface area (Å²) in [5.41, 5.74) is 3.08. The van der Waals surface area contributed by atoms with Gasteiger partial charge in [0.25, 0.3) is 0 Å². The number of allylic oxidation sites excluding steroid dienone is 1. The number of benzene rings is 2. The Morgan fingerprint density at radius 1 is 1.12 bits per heavy atom. The zero-order valence-corrected chi connectivity index (χ0v) is 15.2. The van der Waals surface area contributed by atoms with Gasteiger partial charge in [0.05, 0.1) is 19.9 Å². The molecule has 2 aromatic carbocycles. The fourth-order valence-electron chi connectivity index (χ4n) is 2.36. The van der Waals surface area contributed by atoms with E-state index >= 15 is 0 Å². The molecule has 0 saturated heterocycles. The SMILES string of the molecule is COc1ccc(-c2csc(C(C#N)=CNc3ccccc3)n2)cc1OC. The summed E-state index contributed by atoms with van der Waals surface area (Å²) < 4.78 is 10.6. The van der Waals surface area contributed by atoms with Crippen molar-refractivity contribution in [2.24, 2.45) is 0 Å². The largest absolute Gasteiger partial charge is 0.493 e. The topological polar surface area (TPSA) is 67.2 Å². The molecule has 0 aliphatic carbocycles. The summed E-state index contributed by atoms with van der Waals surface area (Å²) in [5, 5.41) is 15.2. The molecule has 0 saturated carbocycles. The van der Waals surface area contributed by atoms with Gasteiger partial charge in [0.15, 0.2) is 11.5 Å². The third-order valence-electron chi connectivity index (χ3n) is 3.69. The number of anilines is 1. The summed E-state index contributed by atoms with van der Waals surface area (Å²) >= 11 is 1.42. The van der Waals surface area contributed by atoms with E-state index in [0.717, 1.165) is 16.9 Å². The number of ether oxygens (including phenoxy) is 2. The molecule has 0 fully saturated rings. The van der Waals surface area contributed by atoms with Crippen molar-refractivity contribution < 1.29 is 9.47 Å². The van der Waals surface area contributed by atoms with Crippen molar-refractivity contribution in [2.75, 3.05) is 19.5 Å². The van der Waals surface area contributed by atoms with E-state index in [1.807, 2.05) is 53.9 Å². The van der Waals surface area contributed by atoms with E-state index in [-0.39, 0.29) is 0 Å². The first-order valence-electron chi connectivity index (χ1n) is 7.85. The van der Waals surface area contributed by atoms with Crippen LogP contribution in [0, 0.1) is 11.3 Å². The Bertz CT molecular complexity index is 959. The van der Waals surface area contributed by atoms with Crippen LogP contribution in [0.2, 0.25) is 0 Å². The summed E-state index contributed by atoms with van der Waals surface area (Å²) in [6, 6.07) is 17.5. The van der Waals surface area contributed by atoms with Crippen molar-refractivity contribution >= 4 is 22.6 Å². The molecular formula is C20H17N3O2S. The van der Waals surface area contributed by atoms with Crippen molar-refractivity contribution in [1.82, 2.24) is 4.98 Å². The van der Waals surface area contributed by atoms with Crippen LogP contribution in [0.25, 0.3) is 16.8 Å². The van der Waals surface area contributed by atoms with E-state index in [1.165, 1.54) is 11.3 Å². The molecule has 0 aliphatic heterocycles. The van der Waals surface area contributed by atoms with E-state index in [0.29, 0.717) is 22.1 Å². The van der Waals surface area contributed by atoms with Crippen molar-refractivity contribution in [3.8, 4) is 28.8 Å². The predicted octanol–water partition coefficient (Wildman–Crippen LogP) is 4.80. The number of nitrogens with zero attached hydrogens (tertiary/aromatic N) is 2. The first-order chi connectivity index (χ1) is 12.7. The molecule has 1 aromatic heterocycles. The lowest BCUT2D eigenvalue weighted by molar-refractivity contribution is 0.355. The fraction of sp³-hybridized carbons (Fsp3) is 0.100. The summed E-state index contributed by atoms with van der Waals surface area (Å²) in [7, 11) is 3.20. The Kier molecular flexibility index (Phi) is 5.52. The number of hydrogen-bond donors (Lipinski definition) is 1. The lowest BCUT2D eigenvalue weighted by Crippen LogP contribution is -1.92. The highest BCUT2D eigenvalue weighted by atomic mass is 32.1. The Morgan fingerprint density at radius 3 is 2.58 bits per heavy atom. The van der Waals surface area contributed by atoms with Crippen molar-refractivity contribution in [1.29, 1.82) is 5.26 Å². The third-order valence-corrected chi connectivity index (χ3v) is 4.57. The second-order valence-corrected chi connectivity index (χ2v) is 6.15. The number of rotatable bonds is 6. The second-order valence-electron chi connectivity index (χ2n) is 5.29. The molecule has 0 aliphatic rings. The Balaban J connectivity index is 1.85. The summed E-state index contributed by atoms with van der Waals surface area (Å²) in [5.74, 6) is 1.30. The number of aromatic nitrogens is 1. The molecule has 0 atom stereocenters. The smallest absolute Gasteiger partial charge is 0.161 e. The van der Waals surface area contributed by atoms with E-state index in [1.54, 1.807) is 20.4 Å². The maximum absolute atomic E-state index is 9.46. The zero-order chi connectivity index (χ0) is 18.4. The lowest BCUT2D eigenvalue weighted by atomic mass is 10.1. The van der Waals surface area contributed by atoms with Crippen LogP contribution in [0.3, 0.4) is 0 Å². The number of para-hydroxylation sites is 1. The molecule has 5 nitrogen and oxygen atoms in total. The first-order valence-corrected chi connectivity index (χ1v) is 8.73. The predicted molar refractivity (Wildman–Crippen MR) is 104 cm³/mol. The minimum atomic E-state index is 0.477. The van der Waals surface area contributed by atoms with Crippen LogP contribution in [0.1, 0.15) is 5.01 Å².